The molecule has 1 N–H and O–H groups in total. The van der Waals surface area contributed by atoms with E-state index >= 15 is 0 Å². The maximum atomic E-state index is 12.2. The third kappa shape index (κ3) is 3.67. The molecule has 108 valence electrons. The van der Waals surface area contributed by atoms with E-state index < -0.39 is 0 Å². The van der Waals surface area contributed by atoms with Crippen molar-refractivity contribution in [3.05, 3.63) is 65.7 Å². The van der Waals surface area contributed by atoms with Crippen LogP contribution in [0.4, 0.5) is 0 Å². The summed E-state index contributed by atoms with van der Waals surface area (Å²) in [5.74, 6) is 0.591. The maximum absolute atomic E-state index is 12.2. The van der Waals surface area contributed by atoms with Crippen molar-refractivity contribution in [2.45, 2.75) is 30.2 Å². The molecule has 0 aliphatic heterocycles. The van der Waals surface area contributed by atoms with Crippen LogP contribution in [-0.4, -0.2) is 11.7 Å². The SMILES string of the molecule is O=C(CSc1ccccc1)N[C@H]1CCCc2ccccc21. The molecule has 0 heterocycles. The molecule has 2 nitrogen and oxygen atoms in total. The largest absolute Gasteiger partial charge is 0.349 e. The molecule has 0 unspecified atom stereocenters. The summed E-state index contributed by atoms with van der Waals surface area (Å²) >= 11 is 1.59. The summed E-state index contributed by atoms with van der Waals surface area (Å²) < 4.78 is 0. The topological polar surface area (TPSA) is 29.1 Å². The molecule has 0 fully saturated rings. The summed E-state index contributed by atoms with van der Waals surface area (Å²) in [6, 6.07) is 18.7. The molecule has 3 rings (SSSR count). The third-order valence-corrected chi connectivity index (χ3v) is 4.83. The highest BCUT2D eigenvalue weighted by atomic mass is 32.2. The second-order valence-corrected chi connectivity index (χ2v) is 6.36. The van der Waals surface area contributed by atoms with Crippen molar-refractivity contribution in [3.8, 4) is 0 Å². The molecule has 0 saturated carbocycles. The summed E-state index contributed by atoms with van der Waals surface area (Å²) in [6.07, 6.45) is 3.31. The monoisotopic (exact) mass is 297 g/mol. The van der Waals surface area contributed by atoms with Gasteiger partial charge in [-0.15, -0.1) is 11.8 Å². The number of thioether (sulfide) groups is 1. The van der Waals surface area contributed by atoms with Crippen LogP contribution >= 0.6 is 11.8 Å². The Morgan fingerprint density at radius 2 is 1.86 bits per heavy atom. The molecule has 1 aliphatic rings. The number of hydrogen-bond acceptors (Lipinski definition) is 2. The second-order valence-electron chi connectivity index (χ2n) is 5.31. The summed E-state index contributed by atoms with van der Waals surface area (Å²) in [4.78, 5) is 13.3. The number of carbonyl (C=O) groups is 1. The van der Waals surface area contributed by atoms with Crippen molar-refractivity contribution in [2.24, 2.45) is 0 Å². The summed E-state index contributed by atoms with van der Waals surface area (Å²) in [5.41, 5.74) is 2.67. The fourth-order valence-electron chi connectivity index (χ4n) is 2.81. The van der Waals surface area contributed by atoms with Crippen LogP contribution in [0.25, 0.3) is 0 Å². The van der Waals surface area contributed by atoms with Crippen molar-refractivity contribution < 1.29 is 4.79 Å². The zero-order chi connectivity index (χ0) is 14.5. The number of hydrogen-bond donors (Lipinski definition) is 1. The van der Waals surface area contributed by atoms with Crippen LogP contribution < -0.4 is 5.32 Å². The van der Waals surface area contributed by atoms with E-state index in [2.05, 4.69) is 29.6 Å². The van der Waals surface area contributed by atoms with Gasteiger partial charge in [0.15, 0.2) is 0 Å². The number of amides is 1. The minimum Gasteiger partial charge on any atom is -0.349 e. The van der Waals surface area contributed by atoms with E-state index in [-0.39, 0.29) is 11.9 Å². The number of carbonyl (C=O) groups excluding carboxylic acids is 1. The van der Waals surface area contributed by atoms with Crippen LogP contribution in [0.3, 0.4) is 0 Å². The van der Waals surface area contributed by atoms with E-state index in [0.717, 1.165) is 24.2 Å². The Morgan fingerprint density at radius 1 is 1.10 bits per heavy atom. The van der Waals surface area contributed by atoms with Gasteiger partial charge in [0.25, 0.3) is 0 Å². The molecule has 2 aromatic rings. The van der Waals surface area contributed by atoms with Gasteiger partial charge in [0, 0.05) is 4.90 Å². The van der Waals surface area contributed by atoms with E-state index in [1.807, 2.05) is 30.3 Å². The average Bonchev–Trinajstić information content (AvgIpc) is 2.54. The fraction of sp³-hybridized carbons (Fsp3) is 0.278. The average molecular weight is 297 g/mol. The first kappa shape index (κ1) is 14.2. The van der Waals surface area contributed by atoms with Gasteiger partial charge in [-0.25, -0.2) is 0 Å². The Balaban J connectivity index is 1.58. The molecular formula is C18H19NOS. The number of benzene rings is 2. The molecule has 0 radical (unpaired) electrons. The summed E-state index contributed by atoms with van der Waals surface area (Å²) in [7, 11) is 0. The molecule has 3 heteroatoms. The van der Waals surface area contributed by atoms with Gasteiger partial charge in [-0.1, -0.05) is 42.5 Å². The van der Waals surface area contributed by atoms with Crippen LogP contribution in [0.2, 0.25) is 0 Å². The Bertz CT molecular complexity index is 612. The molecule has 0 spiro atoms. The van der Waals surface area contributed by atoms with Crippen LogP contribution in [0.5, 0.6) is 0 Å². The Morgan fingerprint density at radius 3 is 2.71 bits per heavy atom. The van der Waals surface area contributed by atoms with Crippen molar-refractivity contribution in [3.63, 3.8) is 0 Å². The van der Waals surface area contributed by atoms with Crippen LogP contribution in [0.1, 0.15) is 30.0 Å². The quantitative estimate of drug-likeness (QED) is 0.865. The molecular weight excluding hydrogens is 278 g/mol. The zero-order valence-corrected chi connectivity index (χ0v) is 12.7. The zero-order valence-electron chi connectivity index (χ0n) is 11.9. The molecule has 21 heavy (non-hydrogen) atoms. The highest BCUT2D eigenvalue weighted by Gasteiger charge is 2.21. The standard InChI is InChI=1S/C18H19NOS/c20-18(13-21-15-9-2-1-3-10-15)19-17-12-6-8-14-7-4-5-11-16(14)17/h1-5,7,9-11,17H,6,8,12-13H2,(H,19,20)/t17-/m0/s1. The lowest BCUT2D eigenvalue weighted by Crippen LogP contribution is -2.32. The molecule has 0 aromatic heterocycles. The van der Waals surface area contributed by atoms with Crippen LogP contribution in [0.15, 0.2) is 59.5 Å². The first-order valence-electron chi connectivity index (χ1n) is 7.38. The molecule has 1 atom stereocenters. The van der Waals surface area contributed by atoms with E-state index in [0.29, 0.717) is 5.75 Å². The lowest BCUT2D eigenvalue weighted by molar-refractivity contribution is -0.119. The van der Waals surface area contributed by atoms with E-state index in [4.69, 9.17) is 0 Å². The molecule has 0 saturated heterocycles. The van der Waals surface area contributed by atoms with Gasteiger partial charge in [0.2, 0.25) is 5.91 Å². The van der Waals surface area contributed by atoms with Crippen molar-refractivity contribution in [2.75, 3.05) is 5.75 Å². The van der Waals surface area contributed by atoms with Gasteiger partial charge in [0.05, 0.1) is 11.8 Å². The third-order valence-electron chi connectivity index (χ3n) is 3.82. The molecule has 2 aromatic carbocycles. The van der Waals surface area contributed by atoms with Gasteiger partial charge in [-0.2, -0.15) is 0 Å². The Labute approximate surface area is 130 Å². The number of rotatable bonds is 4. The van der Waals surface area contributed by atoms with Crippen LogP contribution in [-0.2, 0) is 11.2 Å². The second kappa shape index (κ2) is 6.81. The lowest BCUT2D eigenvalue weighted by atomic mass is 9.88. The molecule has 1 amide bonds. The minimum absolute atomic E-state index is 0.116. The normalized spacial score (nSPS) is 17.0. The smallest absolute Gasteiger partial charge is 0.230 e. The van der Waals surface area contributed by atoms with Gasteiger partial charge >= 0.3 is 0 Å². The van der Waals surface area contributed by atoms with Crippen molar-refractivity contribution >= 4 is 17.7 Å². The predicted octanol–water partition coefficient (Wildman–Crippen LogP) is 3.97. The number of fused-ring (bicyclic) bond motifs is 1. The van der Waals surface area contributed by atoms with E-state index in [9.17, 15) is 4.79 Å². The maximum Gasteiger partial charge on any atom is 0.230 e. The van der Waals surface area contributed by atoms with Crippen LogP contribution in [0, 0.1) is 0 Å². The first-order chi connectivity index (χ1) is 10.3. The Hall–Kier alpha value is -1.74. The summed E-state index contributed by atoms with van der Waals surface area (Å²) in [6.45, 7) is 0. The van der Waals surface area contributed by atoms with E-state index in [1.54, 1.807) is 11.8 Å². The van der Waals surface area contributed by atoms with Gasteiger partial charge in [-0.05, 0) is 42.5 Å². The van der Waals surface area contributed by atoms with Gasteiger partial charge in [0.1, 0.15) is 0 Å². The van der Waals surface area contributed by atoms with Crippen molar-refractivity contribution in [1.29, 1.82) is 0 Å². The van der Waals surface area contributed by atoms with Gasteiger partial charge in [-0.3, -0.25) is 4.79 Å². The fourth-order valence-corrected chi connectivity index (χ4v) is 3.54. The lowest BCUT2D eigenvalue weighted by Gasteiger charge is -2.26. The number of aryl methyl sites for hydroxylation is 1. The molecule has 1 aliphatic carbocycles. The Kier molecular flexibility index (Phi) is 4.61. The first-order valence-corrected chi connectivity index (χ1v) is 8.36. The van der Waals surface area contributed by atoms with E-state index in [1.165, 1.54) is 11.1 Å². The minimum atomic E-state index is 0.116. The van der Waals surface area contributed by atoms with Gasteiger partial charge < -0.3 is 5.32 Å². The summed E-state index contributed by atoms with van der Waals surface area (Å²) in [5, 5.41) is 3.19. The number of nitrogens with one attached hydrogen (secondary N) is 1. The highest BCUT2D eigenvalue weighted by molar-refractivity contribution is 8.00. The predicted molar refractivity (Wildman–Crippen MR) is 87.4 cm³/mol. The highest BCUT2D eigenvalue weighted by Crippen LogP contribution is 2.29. The van der Waals surface area contributed by atoms with Crippen molar-refractivity contribution in [1.82, 2.24) is 5.32 Å². The molecule has 0 bridgehead atoms.